The van der Waals surface area contributed by atoms with E-state index in [1.807, 2.05) is 44.2 Å². The molecule has 0 aromatic heterocycles. The second-order valence-electron chi connectivity index (χ2n) is 5.62. The molecule has 1 amide bonds. The molecule has 0 unspecified atom stereocenters. The van der Waals surface area contributed by atoms with E-state index in [1.54, 1.807) is 0 Å². The molecule has 128 valence electrons. The Kier molecular flexibility index (Phi) is 8.75. The van der Waals surface area contributed by atoms with Crippen LogP contribution in [0.5, 0.6) is 0 Å². The summed E-state index contributed by atoms with van der Waals surface area (Å²) in [6, 6.07) is 9.40. The van der Waals surface area contributed by atoms with Crippen LogP contribution in [0.1, 0.15) is 32.3 Å². The minimum absolute atomic E-state index is 0.0213. The Morgan fingerprint density at radius 1 is 1.22 bits per heavy atom. The molecule has 0 aliphatic rings. The molecule has 0 saturated carbocycles. The molecule has 0 bridgehead atoms. The van der Waals surface area contributed by atoms with Crippen molar-refractivity contribution in [3.63, 3.8) is 0 Å². The van der Waals surface area contributed by atoms with Crippen molar-refractivity contribution in [2.75, 3.05) is 13.2 Å². The van der Waals surface area contributed by atoms with Gasteiger partial charge in [-0.3, -0.25) is 4.79 Å². The van der Waals surface area contributed by atoms with Crippen molar-refractivity contribution < 1.29 is 24.2 Å². The van der Waals surface area contributed by atoms with Gasteiger partial charge in [-0.2, -0.15) is 0 Å². The quantitative estimate of drug-likeness (QED) is 0.691. The molecular weight excluding hydrogens is 298 g/mol. The van der Waals surface area contributed by atoms with Gasteiger partial charge in [0.2, 0.25) is 0 Å². The SMILES string of the molecule is CC(C)OC[C@H](CCNC(=O)OCc1ccccc1)CC(=O)O. The van der Waals surface area contributed by atoms with Gasteiger partial charge in [0.1, 0.15) is 6.61 Å². The summed E-state index contributed by atoms with van der Waals surface area (Å²) in [5.41, 5.74) is 0.914. The first-order valence-electron chi connectivity index (χ1n) is 7.75. The van der Waals surface area contributed by atoms with E-state index in [1.165, 1.54) is 0 Å². The predicted octanol–water partition coefficient (Wildman–Crippen LogP) is 2.82. The highest BCUT2D eigenvalue weighted by Crippen LogP contribution is 2.10. The van der Waals surface area contributed by atoms with Gasteiger partial charge >= 0.3 is 12.1 Å². The second-order valence-corrected chi connectivity index (χ2v) is 5.62. The molecule has 2 N–H and O–H groups in total. The van der Waals surface area contributed by atoms with Crippen LogP contribution in [-0.4, -0.2) is 36.4 Å². The topological polar surface area (TPSA) is 84.9 Å². The predicted molar refractivity (Wildman–Crippen MR) is 86.1 cm³/mol. The van der Waals surface area contributed by atoms with Crippen LogP contribution in [0.2, 0.25) is 0 Å². The minimum atomic E-state index is -0.867. The molecular formula is C17H25NO5. The lowest BCUT2D eigenvalue weighted by Crippen LogP contribution is -2.28. The summed E-state index contributed by atoms with van der Waals surface area (Å²) >= 11 is 0. The Balaban J connectivity index is 2.25. The Hall–Kier alpha value is -2.08. The Bertz CT molecular complexity index is 475. The molecule has 0 fully saturated rings. The number of ether oxygens (including phenoxy) is 2. The lowest BCUT2D eigenvalue weighted by molar-refractivity contribution is -0.138. The van der Waals surface area contributed by atoms with Gasteiger partial charge in [-0.15, -0.1) is 0 Å². The monoisotopic (exact) mass is 323 g/mol. The van der Waals surface area contributed by atoms with Crippen LogP contribution >= 0.6 is 0 Å². The zero-order valence-corrected chi connectivity index (χ0v) is 13.7. The zero-order chi connectivity index (χ0) is 17.1. The first-order chi connectivity index (χ1) is 11.0. The van der Waals surface area contributed by atoms with E-state index in [4.69, 9.17) is 14.6 Å². The van der Waals surface area contributed by atoms with E-state index in [9.17, 15) is 9.59 Å². The summed E-state index contributed by atoms with van der Waals surface area (Å²) in [7, 11) is 0. The second kappa shape index (κ2) is 10.6. The van der Waals surface area contributed by atoms with Gasteiger partial charge in [-0.25, -0.2) is 4.79 Å². The third-order valence-corrected chi connectivity index (χ3v) is 3.16. The number of hydrogen-bond acceptors (Lipinski definition) is 4. The fourth-order valence-corrected chi connectivity index (χ4v) is 1.97. The fourth-order valence-electron chi connectivity index (χ4n) is 1.97. The molecule has 0 aliphatic carbocycles. The van der Waals surface area contributed by atoms with Crippen LogP contribution in [-0.2, 0) is 20.9 Å². The number of rotatable bonds is 10. The maximum atomic E-state index is 11.6. The fraction of sp³-hybridized carbons (Fsp3) is 0.529. The number of carbonyl (C=O) groups is 2. The number of amides is 1. The molecule has 1 aromatic rings. The van der Waals surface area contributed by atoms with Crippen molar-refractivity contribution in [3.8, 4) is 0 Å². The van der Waals surface area contributed by atoms with Crippen LogP contribution in [0, 0.1) is 5.92 Å². The van der Waals surface area contributed by atoms with E-state index in [0.717, 1.165) is 5.56 Å². The maximum Gasteiger partial charge on any atom is 0.407 e. The van der Waals surface area contributed by atoms with E-state index < -0.39 is 12.1 Å². The molecule has 6 heteroatoms. The highest BCUT2D eigenvalue weighted by molar-refractivity contribution is 5.67. The highest BCUT2D eigenvalue weighted by atomic mass is 16.5. The molecule has 0 radical (unpaired) electrons. The number of alkyl carbamates (subject to hydrolysis) is 1. The zero-order valence-electron chi connectivity index (χ0n) is 13.7. The molecule has 0 saturated heterocycles. The molecule has 1 atom stereocenters. The lowest BCUT2D eigenvalue weighted by atomic mass is 10.0. The molecule has 23 heavy (non-hydrogen) atoms. The summed E-state index contributed by atoms with van der Waals surface area (Å²) in [5, 5.41) is 11.5. The molecule has 0 aliphatic heterocycles. The van der Waals surface area contributed by atoms with Crippen LogP contribution < -0.4 is 5.32 Å². The molecule has 0 spiro atoms. The first-order valence-corrected chi connectivity index (χ1v) is 7.75. The summed E-state index contributed by atoms with van der Waals surface area (Å²) < 4.78 is 10.6. The normalized spacial score (nSPS) is 12.0. The third-order valence-electron chi connectivity index (χ3n) is 3.16. The van der Waals surface area contributed by atoms with Crippen LogP contribution in [0.25, 0.3) is 0 Å². The van der Waals surface area contributed by atoms with Crippen molar-refractivity contribution in [1.82, 2.24) is 5.32 Å². The van der Waals surface area contributed by atoms with Crippen molar-refractivity contribution >= 4 is 12.1 Å². The van der Waals surface area contributed by atoms with E-state index in [-0.39, 0.29) is 25.0 Å². The van der Waals surface area contributed by atoms with Gasteiger partial charge in [-0.05, 0) is 31.7 Å². The van der Waals surface area contributed by atoms with Gasteiger partial charge in [0.05, 0.1) is 19.1 Å². The molecule has 1 aromatic carbocycles. The number of carboxylic acids is 1. The van der Waals surface area contributed by atoms with E-state index >= 15 is 0 Å². The summed E-state index contributed by atoms with van der Waals surface area (Å²) in [6.07, 6.45) is 0.0928. The molecule has 6 nitrogen and oxygen atoms in total. The number of benzene rings is 1. The van der Waals surface area contributed by atoms with Gasteiger partial charge in [0.25, 0.3) is 0 Å². The third kappa shape index (κ3) is 9.52. The van der Waals surface area contributed by atoms with Gasteiger partial charge in [0.15, 0.2) is 0 Å². The van der Waals surface area contributed by atoms with Crippen LogP contribution in [0.4, 0.5) is 4.79 Å². The first kappa shape index (κ1) is 19.0. The van der Waals surface area contributed by atoms with Crippen molar-refractivity contribution in [3.05, 3.63) is 35.9 Å². The minimum Gasteiger partial charge on any atom is -0.481 e. The Morgan fingerprint density at radius 3 is 2.52 bits per heavy atom. The van der Waals surface area contributed by atoms with E-state index in [0.29, 0.717) is 19.6 Å². The number of aliphatic carboxylic acids is 1. The molecule has 1 rings (SSSR count). The Morgan fingerprint density at radius 2 is 1.91 bits per heavy atom. The van der Waals surface area contributed by atoms with Gasteiger partial charge in [-0.1, -0.05) is 30.3 Å². The summed E-state index contributed by atoms with van der Waals surface area (Å²) in [6.45, 7) is 4.73. The standard InChI is InChI=1S/C17H25NO5/c1-13(2)22-12-15(10-16(19)20)8-9-18-17(21)23-11-14-6-4-3-5-7-14/h3-7,13,15H,8-12H2,1-2H3,(H,18,21)(H,19,20)/t15-/m1/s1. The number of carbonyl (C=O) groups excluding carboxylic acids is 1. The number of hydrogen-bond donors (Lipinski definition) is 2. The maximum absolute atomic E-state index is 11.6. The summed E-state index contributed by atoms with van der Waals surface area (Å²) in [5.74, 6) is -1.00. The van der Waals surface area contributed by atoms with Crippen molar-refractivity contribution in [2.45, 2.75) is 39.4 Å². The number of carboxylic acid groups (broad SMARTS) is 1. The van der Waals surface area contributed by atoms with Crippen molar-refractivity contribution in [2.24, 2.45) is 5.92 Å². The lowest BCUT2D eigenvalue weighted by Gasteiger charge is -2.17. The average molecular weight is 323 g/mol. The molecule has 0 heterocycles. The van der Waals surface area contributed by atoms with Crippen molar-refractivity contribution in [1.29, 1.82) is 0 Å². The Labute approximate surface area is 136 Å². The van der Waals surface area contributed by atoms with E-state index in [2.05, 4.69) is 5.32 Å². The van der Waals surface area contributed by atoms with Gasteiger partial charge < -0.3 is 19.9 Å². The smallest absolute Gasteiger partial charge is 0.407 e. The largest absolute Gasteiger partial charge is 0.481 e. The summed E-state index contributed by atoms with van der Waals surface area (Å²) in [4.78, 5) is 22.4. The highest BCUT2D eigenvalue weighted by Gasteiger charge is 2.15. The van der Waals surface area contributed by atoms with Crippen LogP contribution in [0.3, 0.4) is 0 Å². The van der Waals surface area contributed by atoms with Gasteiger partial charge in [0, 0.05) is 6.54 Å². The number of nitrogens with one attached hydrogen (secondary N) is 1. The van der Waals surface area contributed by atoms with Crippen LogP contribution in [0.15, 0.2) is 30.3 Å². The average Bonchev–Trinajstić information content (AvgIpc) is 2.51.